The van der Waals surface area contributed by atoms with Crippen LogP contribution in [0, 0.1) is 0 Å². The van der Waals surface area contributed by atoms with Gasteiger partial charge >= 0.3 is 12.1 Å². The molecule has 6 nitrogen and oxygen atoms in total. The quantitative estimate of drug-likeness (QED) is 0.584. The average molecular weight is 457 g/mol. The zero-order valence-electron chi connectivity index (χ0n) is 14.0. The van der Waals surface area contributed by atoms with Crippen LogP contribution in [-0.2, 0) is 17.4 Å². The predicted octanol–water partition coefficient (Wildman–Crippen LogP) is 4.57. The van der Waals surface area contributed by atoms with Gasteiger partial charge in [-0.15, -0.1) is 0 Å². The second-order valence-electron chi connectivity index (χ2n) is 5.67. The summed E-state index contributed by atoms with van der Waals surface area (Å²) < 4.78 is 50.4. The smallest absolute Gasteiger partial charge is 0.416 e. The van der Waals surface area contributed by atoms with Crippen molar-refractivity contribution in [1.29, 1.82) is 0 Å². The van der Waals surface area contributed by atoms with E-state index in [0.29, 0.717) is 10.0 Å². The van der Waals surface area contributed by atoms with Crippen LogP contribution < -0.4 is 4.74 Å². The highest BCUT2D eigenvalue weighted by atomic mass is 79.9. The number of halogens is 4. The summed E-state index contributed by atoms with van der Waals surface area (Å²) in [6.45, 7) is -0.575. The minimum absolute atomic E-state index is 0.00109. The van der Waals surface area contributed by atoms with Crippen LogP contribution in [0.25, 0.3) is 11.5 Å². The lowest BCUT2D eigenvalue weighted by Crippen LogP contribution is -2.10. The van der Waals surface area contributed by atoms with Crippen molar-refractivity contribution < 1.29 is 32.3 Å². The van der Waals surface area contributed by atoms with Gasteiger partial charge in [-0.2, -0.15) is 18.2 Å². The Bertz CT molecular complexity index is 1000. The summed E-state index contributed by atoms with van der Waals surface area (Å²) in [4.78, 5) is 14.9. The number of aromatic nitrogens is 2. The third kappa shape index (κ3) is 4.69. The molecule has 1 heterocycles. The molecular weight excluding hydrogens is 445 g/mol. The molecule has 28 heavy (non-hydrogen) atoms. The molecule has 3 aromatic rings. The molecule has 0 aliphatic carbocycles. The van der Waals surface area contributed by atoms with E-state index in [9.17, 15) is 18.0 Å². The lowest BCUT2D eigenvalue weighted by atomic mass is 10.0. The molecule has 0 aliphatic rings. The highest BCUT2D eigenvalue weighted by Crippen LogP contribution is 2.34. The number of hydrogen-bond donors (Lipinski definition) is 1. The fraction of sp³-hybridized carbons (Fsp3) is 0.167. The molecule has 0 aliphatic heterocycles. The van der Waals surface area contributed by atoms with Gasteiger partial charge in [-0.3, -0.25) is 0 Å². The van der Waals surface area contributed by atoms with Crippen LogP contribution in [-0.4, -0.2) is 27.8 Å². The first-order chi connectivity index (χ1) is 13.2. The second-order valence-corrected chi connectivity index (χ2v) is 6.59. The van der Waals surface area contributed by atoms with Crippen molar-refractivity contribution in [2.24, 2.45) is 0 Å². The van der Waals surface area contributed by atoms with Gasteiger partial charge in [0, 0.05) is 10.9 Å². The number of carboxylic acid groups (broad SMARTS) is 1. The fourth-order valence-electron chi connectivity index (χ4n) is 2.49. The fourth-order valence-corrected chi connectivity index (χ4v) is 2.85. The minimum Gasteiger partial charge on any atom is -0.481 e. The van der Waals surface area contributed by atoms with E-state index in [0.717, 1.165) is 6.07 Å². The zero-order valence-corrected chi connectivity index (χ0v) is 15.6. The highest BCUT2D eigenvalue weighted by Gasteiger charge is 2.33. The molecule has 0 saturated carbocycles. The number of carboxylic acids is 1. The predicted molar refractivity (Wildman–Crippen MR) is 94.8 cm³/mol. The van der Waals surface area contributed by atoms with Crippen molar-refractivity contribution in [2.45, 2.75) is 12.6 Å². The van der Waals surface area contributed by atoms with Gasteiger partial charge in [0.25, 0.3) is 5.89 Å². The van der Waals surface area contributed by atoms with E-state index in [1.165, 1.54) is 24.3 Å². The molecule has 2 aromatic carbocycles. The van der Waals surface area contributed by atoms with E-state index in [2.05, 4.69) is 26.1 Å². The maximum atomic E-state index is 13.1. The Hall–Kier alpha value is -2.88. The monoisotopic (exact) mass is 456 g/mol. The molecule has 0 amide bonds. The molecule has 0 atom stereocenters. The summed E-state index contributed by atoms with van der Waals surface area (Å²) in [7, 11) is 0. The summed E-state index contributed by atoms with van der Waals surface area (Å²) in [6, 6.07) is 9.88. The van der Waals surface area contributed by atoms with Crippen LogP contribution >= 0.6 is 15.9 Å². The maximum Gasteiger partial charge on any atom is 0.416 e. The van der Waals surface area contributed by atoms with Crippen LogP contribution in [0.15, 0.2) is 51.5 Å². The third-order valence-corrected chi connectivity index (χ3v) is 4.16. The molecule has 1 aromatic heterocycles. The van der Waals surface area contributed by atoms with Gasteiger partial charge in [-0.1, -0.05) is 39.3 Å². The first-order valence-corrected chi connectivity index (χ1v) is 8.65. The SMILES string of the molecule is O=C(O)COc1ccc(Br)cc1-c1nc(Cc2ccccc2C(F)(F)F)no1. The maximum absolute atomic E-state index is 13.1. The molecular formula is C18H12BrF3N2O4. The van der Waals surface area contributed by atoms with Crippen molar-refractivity contribution in [1.82, 2.24) is 10.1 Å². The molecule has 0 unspecified atom stereocenters. The Morgan fingerprint density at radius 3 is 2.68 bits per heavy atom. The largest absolute Gasteiger partial charge is 0.481 e. The Kier molecular flexibility index (Phi) is 5.68. The van der Waals surface area contributed by atoms with Gasteiger partial charge in [0.05, 0.1) is 11.1 Å². The van der Waals surface area contributed by atoms with Crippen molar-refractivity contribution in [3.05, 3.63) is 63.9 Å². The van der Waals surface area contributed by atoms with Crippen molar-refractivity contribution >= 4 is 21.9 Å². The Morgan fingerprint density at radius 1 is 1.21 bits per heavy atom. The van der Waals surface area contributed by atoms with Crippen LogP contribution in [0.1, 0.15) is 17.0 Å². The number of aliphatic carboxylic acids is 1. The van der Waals surface area contributed by atoms with Gasteiger partial charge in [-0.05, 0) is 29.8 Å². The molecule has 0 bridgehead atoms. The standard InChI is InChI=1S/C18H12BrF3N2O4/c19-11-5-6-14(27-9-16(25)26)12(8-11)17-23-15(24-28-17)7-10-3-1-2-4-13(10)18(20,21)22/h1-6,8H,7,9H2,(H,25,26). The lowest BCUT2D eigenvalue weighted by Gasteiger charge is -2.10. The molecule has 1 N–H and O–H groups in total. The first kappa shape index (κ1) is 19.9. The van der Waals surface area contributed by atoms with Gasteiger partial charge < -0.3 is 14.4 Å². The highest BCUT2D eigenvalue weighted by molar-refractivity contribution is 9.10. The van der Waals surface area contributed by atoms with Gasteiger partial charge in [0.2, 0.25) is 0 Å². The number of carbonyl (C=O) groups is 1. The first-order valence-electron chi connectivity index (χ1n) is 7.86. The number of hydrogen-bond acceptors (Lipinski definition) is 5. The van der Waals surface area contributed by atoms with E-state index < -0.39 is 24.3 Å². The topological polar surface area (TPSA) is 85.5 Å². The molecule has 10 heteroatoms. The molecule has 0 spiro atoms. The van der Waals surface area contributed by atoms with Gasteiger partial charge in [0.1, 0.15) is 5.75 Å². The van der Waals surface area contributed by atoms with Crippen LogP contribution in [0.5, 0.6) is 5.75 Å². The van der Waals surface area contributed by atoms with Gasteiger partial charge in [-0.25, -0.2) is 4.79 Å². The molecule has 0 saturated heterocycles. The van der Waals surface area contributed by atoms with E-state index >= 15 is 0 Å². The van der Waals surface area contributed by atoms with Gasteiger partial charge in [0.15, 0.2) is 12.4 Å². The molecule has 3 rings (SSSR count). The Balaban J connectivity index is 1.90. The summed E-state index contributed by atoms with van der Waals surface area (Å²) in [5, 5.41) is 12.5. The normalized spacial score (nSPS) is 11.4. The van der Waals surface area contributed by atoms with E-state index in [1.807, 2.05) is 0 Å². The Morgan fingerprint density at radius 2 is 1.96 bits per heavy atom. The second kappa shape index (κ2) is 8.01. The number of rotatable bonds is 6. The van der Waals surface area contributed by atoms with E-state index in [4.69, 9.17) is 14.4 Å². The molecule has 0 fully saturated rings. The third-order valence-electron chi connectivity index (χ3n) is 3.66. The molecule has 146 valence electrons. The number of benzene rings is 2. The minimum atomic E-state index is -4.49. The van der Waals surface area contributed by atoms with E-state index in [-0.39, 0.29) is 29.4 Å². The van der Waals surface area contributed by atoms with Crippen LogP contribution in [0.2, 0.25) is 0 Å². The summed E-state index contributed by atoms with van der Waals surface area (Å²) in [6.07, 6.45) is -4.68. The van der Waals surface area contributed by atoms with Crippen molar-refractivity contribution in [3.8, 4) is 17.2 Å². The number of ether oxygens (including phenoxy) is 1. The number of alkyl halides is 3. The molecule has 0 radical (unpaired) electrons. The summed E-state index contributed by atoms with van der Waals surface area (Å²) in [5.74, 6) is -0.919. The lowest BCUT2D eigenvalue weighted by molar-refractivity contribution is -0.139. The summed E-state index contributed by atoms with van der Waals surface area (Å²) in [5.41, 5.74) is -0.438. The zero-order chi connectivity index (χ0) is 20.3. The van der Waals surface area contributed by atoms with Crippen LogP contribution in [0.4, 0.5) is 13.2 Å². The van der Waals surface area contributed by atoms with E-state index in [1.54, 1.807) is 12.1 Å². The number of nitrogens with zero attached hydrogens (tertiary/aromatic N) is 2. The van der Waals surface area contributed by atoms with Crippen molar-refractivity contribution in [2.75, 3.05) is 6.61 Å². The van der Waals surface area contributed by atoms with Crippen LogP contribution in [0.3, 0.4) is 0 Å². The average Bonchev–Trinajstić information content (AvgIpc) is 3.08. The summed E-state index contributed by atoms with van der Waals surface area (Å²) >= 11 is 3.28. The van der Waals surface area contributed by atoms with Crippen molar-refractivity contribution in [3.63, 3.8) is 0 Å². The Labute approximate surface area is 165 Å².